The number of benzene rings is 1. The zero-order valence-corrected chi connectivity index (χ0v) is 14.7. The topological polar surface area (TPSA) is 64.4 Å². The Kier molecular flexibility index (Phi) is 5.78. The summed E-state index contributed by atoms with van der Waals surface area (Å²) in [4.78, 5) is 30.1. The normalized spacial score (nSPS) is 20.2. The molecular formula is C19H22FN3O3. The summed E-state index contributed by atoms with van der Waals surface area (Å²) in [6.07, 6.45) is 5.14. The molecule has 1 aliphatic rings. The van der Waals surface area contributed by atoms with E-state index in [2.05, 4.69) is 4.98 Å². The van der Waals surface area contributed by atoms with Crippen LogP contribution in [-0.4, -0.2) is 46.2 Å². The van der Waals surface area contributed by atoms with Crippen LogP contribution in [0.3, 0.4) is 0 Å². The number of likely N-dealkylation sites (tertiary alicyclic amines) is 1. The summed E-state index contributed by atoms with van der Waals surface area (Å²) in [6, 6.07) is 7.76. The zero-order chi connectivity index (χ0) is 18.5. The largest absolute Gasteiger partial charge is 0.379 e. The Hall–Kier alpha value is -2.54. The number of carbonyl (C=O) groups excluding carboxylic acids is 1. The molecule has 138 valence electrons. The Bertz CT molecular complexity index is 806. The van der Waals surface area contributed by atoms with E-state index in [9.17, 15) is 14.0 Å². The standard InChI is InChI=1S/C19H22FN3O3/c1-26-17-4-2-11-23(16(17)12-14-5-7-15(20)8-6-14)18(24)13-22-10-3-9-21-19(22)25/h3,5-10,16-17H,2,4,11-13H2,1H3/t16-,17-/m0/s1. The van der Waals surface area contributed by atoms with Gasteiger partial charge in [-0.3, -0.25) is 9.36 Å². The number of nitrogens with zero attached hydrogens (tertiary/aromatic N) is 3. The van der Waals surface area contributed by atoms with Gasteiger partial charge in [0, 0.05) is 26.0 Å². The first-order chi connectivity index (χ1) is 12.6. The van der Waals surface area contributed by atoms with E-state index in [1.807, 2.05) is 0 Å². The van der Waals surface area contributed by atoms with E-state index < -0.39 is 5.69 Å². The number of hydrogen-bond donors (Lipinski definition) is 0. The number of amides is 1. The second kappa shape index (κ2) is 8.23. The molecule has 0 radical (unpaired) electrons. The molecule has 1 aromatic carbocycles. The van der Waals surface area contributed by atoms with E-state index in [1.54, 1.807) is 36.4 Å². The first kappa shape index (κ1) is 18.3. The van der Waals surface area contributed by atoms with Gasteiger partial charge in [0.05, 0.1) is 12.1 Å². The van der Waals surface area contributed by atoms with Crippen LogP contribution >= 0.6 is 0 Å². The summed E-state index contributed by atoms with van der Waals surface area (Å²) in [5.41, 5.74) is 0.493. The highest BCUT2D eigenvalue weighted by Gasteiger charge is 2.34. The van der Waals surface area contributed by atoms with Crippen LogP contribution in [0.5, 0.6) is 0 Å². The van der Waals surface area contributed by atoms with Crippen molar-refractivity contribution in [2.75, 3.05) is 13.7 Å². The van der Waals surface area contributed by atoms with Crippen molar-refractivity contribution < 1.29 is 13.9 Å². The third-order valence-electron chi connectivity index (χ3n) is 4.79. The first-order valence-electron chi connectivity index (χ1n) is 8.66. The second-order valence-corrected chi connectivity index (χ2v) is 6.43. The highest BCUT2D eigenvalue weighted by Crippen LogP contribution is 2.24. The molecule has 1 aromatic heterocycles. The number of hydrogen-bond acceptors (Lipinski definition) is 4. The summed E-state index contributed by atoms with van der Waals surface area (Å²) >= 11 is 0. The monoisotopic (exact) mass is 359 g/mol. The van der Waals surface area contributed by atoms with Crippen molar-refractivity contribution in [3.8, 4) is 0 Å². The fourth-order valence-electron chi connectivity index (χ4n) is 3.45. The molecule has 0 bridgehead atoms. The summed E-state index contributed by atoms with van der Waals surface area (Å²) in [5.74, 6) is -0.432. The van der Waals surface area contributed by atoms with Gasteiger partial charge >= 0.3 is 5.69 Å². The van der Waals surface area contributed by atoms with Crippen LogP contribution in [0.1, 0.15) is 18.4 Å². The van der Waals surface area contributed by atoms with Crippen molar-refractivity contribution in [2.24, 2.45) is 0 Å². The Morgan fingerprint density at radius 2 is 2.12 bits per heavy atom. The average molecular weight is 359 g/mol. The molecule has 0 unspecified atom stereocenters. The van der Waals surface area contributed by atoms with Crippen LogP contribution in [0.15, 0.2) is 47.5 Å². The van der Waals surface area contributed by atoms with E-state index >= 15 is 0 Å². The molecular weight excluding hydrogens is 337 g/mol. The Balaban J connectivity index is 1.80. The number of halogens is 1. The van der Waals surface area contributed by atoms with Crippen LogP contribution in [0.25, 0.3) is 0 Å². The average Bonchev–Trinajstić information content (AvgIpc) is 2.65. The Morgan fingerprint density at radius 1 is 1.35 bits per heavy atom. The molecule has 2 aromatic rings. The van der Waals surface area contributed by atoms with Crippen molar-refractivity contribution in [2.45, 2.75) is 38.0 Å². The van der Waals surface area contributed by atoms with Crippen molar-refractivity contribution in [3.63, 3.8) is 0 Å². The third-order valence-corrected chi connectivity index (χ3v) is 4.79. The van der Waals surface area contributed by atoms with Gasteiger partial charge in [-0.2, -0.15) is 0 Å². The van der Waals surface area contributed by atoms with Gasteiger partial charge in [-0.25, -0.2) is 14.2 Å². The lowest BCUT2D eigenvalue weighted by molar-refractivity contribution is -0.140. The van der Waals surface area contributed by atoms with Crippen molar-refractivity contribution in [1.82, 2.24) is 14.5 Å². The molecule has 0 N–H and O–H groups in total. The quantitative estimate of drug-likeness (QED) is 0.814. The minimum absolute atomic E-state index is 0.0526. The predicted octanol–water partition coefficient (Wildman–Crippen LogP) is 1.63. The number of methoxy groups -OCH3 is 1. The highest BCUT2D eigenvalue weighted by molar-refractivity contribution is 5.76. The molecule has 7 heteroatoms. The lowest BCUT2D eigenvalue weighted by Gasteiger charge is -2.41. The minimum Gasteiger partial charge on any atom is -0.379 e. The molecule has 3 rings (SSSR count). The fourth-order valence-corrected chi connectivity index (χ4v) is 3.45. The minimum atomic E-state index is -0.448. The molecule has 1 fully saturated rings. The van der Waals surface area contributed by atoms with Gasteiger partial charge in [-0.15, -0.1) is 0 Å². The van der Waals surface area contributed by atoms with E-state index in [4.69, 9.17) is 4.74 Å². The molecule has 2 heterocycles. The fraction of sp³-hybridized carbons (Fsp3) is 0.421. The molecule has 1 aliphatic heterocycles. The third kappa shape index (κ3) is 4.16. The van der Waals surface area contributed by atoms with E-state index in [1.165, 1.54) is 22.9 Å². The maximum Gasteiger partial charge on any atom is 0.347 e. The lowest BCUT2D eigenvalue weighted by Crippen LogP contribution is -2.53. The van der Waals surface area contributed by atoms with Crippen LogP contribution in [0.2, 0.25) is 0 Å². The number of piperidine rings is 1. The van der Waals surface area contributed by atoms with Gasteiger partial charge in [-0.1, -0.05) is 12.1 Å². The SMILES string of the molecule is CO[C@H]1CCCN(C(=O)Cn2cccnc2=O)[C@H]1Cc1ccc(F)cc1. The number of aromatic nitrogens is 2. The van der Waals surface area contributed by atoms with E-state index in [0.717, 1.165) is 18.4 Å². The lowest BCUT2D eigenvalue weighted by atomic mass is 9.92. The van der Waals surface area contributed by atoms with Gasteiger partial charge in [0.2, 0.25) is 5.91 Å². The summed E-state index contributed by atoms with van der Waals surface area (Å²) < 4.78 is 20.1. The molecule has 0 aliphatic carbocycles. The maximum absolute atomic E-state index is 13.2. The predicted molar refractivity (Wildman–Crippen MR) is 94.1 cm³/mol. The smallest absolute Gasteiger partial charge is 0.347 e. The first-order valence-corrected chi connectivity index (χ1v) is 8.66. The van der Waals surface area contributed by atoms with Crippen LogP contribution in [0, 0.1) is 5.82 Å². The van der Waals surface area contributed by atoms with Crippen molar-refractivity contribution >= 4 is 5.91 Å². The molecule has 2 atom stereocenters. The molecule has 1 saturated heterocycles. The molecule has 0 saturated carbocycles. The molecule has 6 nitrogen and oxygen atoms in total. The number of carbonyl (C=O) groups is 1. The van der Waals surface area contributed by atoms with Crippen molar-refractivity contribution in [3.05, 3.63) is 64.6 Å². The van der Waals surface area contributed by atoms with Crippen LogP contribution < -0.4 is 5.69 Å². The summed E-state index contributed by atoms with van der Waals surface area (Å²) in [6.45, 7) is 0.558. The number of ether oxygens (including phenoxy) is 1. The van der Waals surface area contributed by atoms with Gasteiger partial charge in [-0.05, 0) is 43.0 Å². The van der Waals surface area contributed by atoms with Gasteiger partial charge in [0.1, 0.15) is 12.4 Å². The maximum atomic E-state index is 13.2. The Morgan fingerprint density at radius 3 is 2.81 bits per heavy atom. The molecule has 0 spiro atoms. The van der Waals surface area contributed by atoms with Gasteiger partial charge in [0.15, 0.2) is 0 Å². The molecule has 26 heavy (non-hydrogen) atoms. The van der Waals surface area contributed by atoms with Gasteiger partial charge in [0.25, 0.3) is 0 Å². The van der Waals surface area contributed by atoms with E-state index in [-0.39, 0.29) is 30.4 Å². The summed E-state index contributed by atoms with van der Waals surface area (Å²) in [7, 11) is 1.64. The van der Waals surface area contributed by atoms with E-state index in [0.29, 0.717) is 13.0 Å². The Labute approximate surface area is 151 Å². The van der Waals surface area contributed by atoms with Crippen molar-refractivity contribution in [1.29, 1.82) is 0 Å². The zero-order valence-electron chi connectivity index (χ0n) is 14.7. The molecule has 1 amide bonds. The number of rotatable bonds is 5. The summed E-state index contributed by atoms with van der Waals surface area (Å²) in [5, 5.41) is 0. The highest BCUT2D eigenvalue weighted by atomic mass is 19.1. The second-order valence-electron chi connectivity index (χ2n) is 6.43. The van der Waals surface area contributed by atoms with Crippen LogP contribution in [0.4, 0.5) is 4.39 Å². The van der Waals surface area contributed by atoms with Gasteiger partial charge < -0.3 is 9.64 Å². The van der Waals surface area contributed by atoms with Crippen LogP contribution in [-0.2, 0) is 22.5 Å².